The summed E-state index contributed by atoms with van der Waals surface area (Å²) < 4.78 is 25.0. The van der Waals surface area contributed by atoms with E-state index in [0.29, 0.717) is 12.8 Å². The van der Waals surface area contributed by atoms with Crippen LogP contribution in [0.15, 0.2) is 0 Å². The van der Waals surface area contributed by atoms with E-state index in [1.54, 1.807) is 41.5 Å². The molecule has 6 fully saturated rings. The number of ether oxygens (including phenoxy) is 5. The number of carboxylic acids is 1. The summed E-state index contributed by atoms with van der Waals surface area (Å²) in [6.45, 7) is 10.1. The second kappa shape index (κ2) is 12.7. The van der Waals surface area contributed by atoms with Crippen molar-refractivity contribution in [3.8, 4) is 0 Å². The van der Waals surface area contributed by atoms with Gasteiger partial charge in [-0.3, -0.25) is 24.0 Å². The number of esters is 5. The predicted molar refractivity (Wildman–Crippen MR) is 150 cm³/mol. The standard InChI is InChI=1S/C15H20O7.C9H10O5.C6H11ClO2/c1-15(2,3)22-8(16)5-20-13(18)9-6-4-7-10(9)14(19)21-12(7)11(6)17;10-6-2-1-3-5(4(2)8(11)12)9(13)14-7(3)6;1-6(2,3)9-5(8)4-7/h6-7,9-12,17H,4-5H2,1-3H3;2-7,10H,1H2,(H,11,12);4H2,1-3H3. The Morgan fingerprint density at radius 1 is 0.756 bits per heavy atom. The number of carbonyl (C=O) groups excluding carboxylic acids is 5. The molecule has 0 aromatic heterocycles. The lowest BCUT2D eigenvalue weighted by Crippen LogP contribution is -2.41. The second-order valence-corrected chi connectivity index (χ2v) is 14.5. The summed E-state index contributed by atoms with van der Waals surface area (Å²) >= 11 is 5.18. The lowest BCUT2D eigenvalue weighted by atomic mass is 9.78. The molecule has 12 atom stereocenters. The number of aliphatic hydroxyl groups excluding tert-OH is 2. The minimum Gasteiger partial charge on any atom is -0.481 e. The third kappa shape index (κ3) is 7.07. The van der Waals surface area contributed by atoms with Gasteiger partial charge in [0.05, 0.1) is 35.9 Å². The third-order valence-corrected chi connectivity index (χ3v) is 9.21. The first kappa shape index (κ1) is 34.9. The summed E-state index contributed by atoms with van der Waals surface area (Å²) in [6.07, 6.45) is -1.34. The van der Waals surface area contributed by atoms with Gasteiger partial charge in [-0.15, -0.1) is 11.6 Å². The molecule has 14 nitrogen and oxygen atoms in total. The molecule has 0 aromatic rings. The molecule has 0 aromatic carbocycles. The quantitative estimate of drug-likeness (QED) is 0.212. The SMILES string of the molecule is CC(C)(C)OC(=O)CCl.CC(C)(C)OC(=O)COC(=O)C1C2CC3C(OC(=O)C31)C2O.O=C(O)C1C2CC3C(OC(=O)C31)C2O. The van der Waals surface area contributed by atoms with E-state index in [-0.39, 0.29) is 35.5 Å². The van der Waals surface area contributed by atoms with Gasteiger partial charge < -0.3 is 39.0 Å². The van der Waals surface area contributed by atoms with Gasteiger partial charge in [0.15, 0.2) is 6.61 Å². The van der Waals surface area contributed by atoms with Gasteiger partial charge in [0.1, 0.15) is 29.3 Å². The van der Waals surface area contributed by atoms with Gasteiger partial charge in [0.25, 0.3) is 0 Å². The van der Waals surface area contributed by atoms with Crippen LogP contribution in [0.4, 0.5) is 0 Å². The largest absolute Gasteiger partial charge is 0.481 e. The highest BCUT2D eigenvalue weighted by atomic mass is 35.5. The number of halogens is 1. The number of alkyl halides is 1. The number of rotatable bonds is 5. The summed E-state index contributed by atoms with van der Waals surface area (Å²) in [5, 5.41) is 28.8. The first-order chi connectivity index (χ1) is 20.8. The summed E-state index contributed by atoms with van der Waals surface area (Å²) in [4.78, 5) is 68.4. The lowest BCUT2D eigenvalue weighted by Gasteiger charge is -2.27. The molecule has 2 aliphatic heterocycles. The van der Waals surface area contributed by atoms with Crippen LogP contribution in [0.25, 0.3) is 0 Å². The van der Waals surface area contributed by atoms with Gasteiger partial charge in [-0.25, -0.2) is 4.79 Å². The van der Waals surface area contributed by atoms with Gasteiger partial charge >= 0.3 is 35.8 Å². The molecule has 252 valence electrons. The molecule has 4 bridgehead atoms. The summed E-state index contributed by atoms with van der Waals surface area (Å²) in [6, 6.07) is 0. The molecule has 6 rings (SSSR count). The molecule has 0 spiro atoms. The highest BCUT2D eigenvalue weighted by molar-refractivity contribution is 6.26. The number of carbonyl (C=O) groups is 6. The van der Waals surface area contributed by atoms with Crippen molar-refractivity contribution in [2.45, 2.75) is 90.0 Å². The minimum atomic E-state index is -0.987. The lowest BCUT2D eigenvalue weighted by molar-refractivity contribution is -0.170. The Morgan fingerprint density at radius 2 is 1.18 bits per heavy atom. The number of fused-ring (bicyclic) bond motifs is 2. The molecular formula is C30H41ClO14. The number of aliphatic hydroxyl groups is 2. The van der Waals surface area contributed by atoms with E-state index < -0.39 is 95.7 Å². The van der Waals surface area contributed by atoms with E-state index in [2.05, 4.69) is 0 Å². The molecule has 6 aliphatic rings. The zero-order chi connectivity index (χ0) is 33.8. The number of hydrogen-bond acceptors (Lipinski definition) is 13. The van der Waals surface area contributed by atoms with Crippen molar-refractivity contribution in [2.75, 3.05) is 12.5 Å². The van der Waals surface area contributed by atoms with E-state index in [4.69, 9.17) is 40.4 Å². The molecule has 15 heteroatoms. The van der Waals surface area contributed by atoms with Crippen LogP contribution in [-0.2, 0) is 52.5 Å². The van der Waals surface area contributed by atoms with Crippen LogP contribution < -0.4 is 0 Å². The third-order valence-electron chi connectivity index (χ3n) is 8.99. The normalized spacial score (nSPS) is 37.9. The van der Waals surface area contributed by atoms with Gasteiger partial charge in [-0.05, 0) is 54.4 Å². The van der Waals surface area contributed by atoms with Crippen molar-refractivity contribution in [1.82, 2.24) is 0 Å². The summed E-state index contributed by atoms with van der Waals surface area (Å²) in [5.74, 6) is -6.94. The second-order valence-electron chi connectivity index (χ2n) is 14.3. The van der Waals surface area contributed by atoms with Crippen LogP contribution in [0.2, 0.25) is 0 Å². The Balaban J connectivity index is 0.000000171. The molecular weight excluding hydrogens is 620 g/mol. The van der Waals surface area contributed by atoms with Crippen LogP contribution in [-0.4, -0.2) is 99.2 Å². The van der Waals surface area contributed by atoms with Crippen molar-refractivity contribution >= 4 is 47.4 Å². The van der Waals surface area contributed by atoms with Gasteiger partial charge in [0, 0.05) is 23.7 Å². The number of aliphatic carboxylic acids is 1. The first-order valence-corrected chi connectivity index (χ1v) is 15.5. The Morgan fingerprint density at radius 3 is 1.58 bits per heavy atom. The number of hydrogen-bond donors (Lipinski definition) is 3. The molecule has 3 N–H and O–H groups in total. The Bertz CT molecular complexity index is 1220. The fourth-order valence-electron chi connectivity index (χ4n) is 7.66. The first-order valence-electron chi connectivity index (χ1n) is 14.9. The van der Waals surface area contributed by atoms with Crippen LogP contribution in [0.5, 0.6) is 0 Å². The fraction of sp³-hybridized carbons (Fsp3) is 0.800. The van der Waals surface area contributed by atoms with Crippen molar-refractivity contribution in [3.63, 3.8) is 0 Å². The predicted octanol–water partition coefficient (Wildman–Crippen LogP) is 0.846. The molecule has 2 saturated heterocycles. The van der Waals surface area contributed by atoms with Gasteiger partial charge in [-0.2, -0.15) is 0 Å². The average Bonchev–Trinajstić information content (AvgIpc) is 3.71. The summed E-state index contributed by atoms with van der Waals surface area (Å²) in [5.41, 5.74) is -1.07. The molecule has 4 saturated carbocycles. The van der Waals surface area contributed by atoms with Crippen molar-refractivity contribution in [2.24, 2.45) is 47.3 Å². The van der Waals surface area contributed by atoms with E-state index in [0.717, 1.165) is 0 Å². The van der Waals surface area contributed by atoms with Crippen molar-refractivity contribution in [3.05, 3.63) is 0 Å². The molecule has 0 amide bonds. The maximum absolute atomic E-state index is 12.2. The van der Waals surface area contributed by atoms with Gasteiger partial charge in [0.2, 0.25) is 0 Å². The van der Waals surface area contributed by atoms with Crippen molar-refractivity contribution in [1.29, 1.82) is 0 Å². The minimum absolute atomic E-state index is 0.0661. The number of carboxylic acid groups (broad SMARTS) is 1. The Kier molecular flexibility index (Phi) is 9.83. The molecule has 45 heavy (non-hydrogen) atoms. The zero-order valence-corrected chi connectivity index (χ0v) is 26.7. The smallest absolute Gasteiger partial charge is 0.344 e. The van der Waals surface area contributed by atoms with E-state index >= 15 is 0 Å². The van der Waals surface area contributed by atoms with E-state index in [9.17, 15) is 39.0 Å². The zero-order valence-electron chi connectivity index (χ0n) is 26.0. The maximum Gasteiger partial charge on any atom is 0.344 e. The summed E-state index contributed by atoms with van der Waals surface area (Å²) in [7, 11) is 0. The van der Waals surface area contributed by atoms with E-state index in [1.165, 1.54) is 0 Å². The van der Waals surface area contributed by atoms with Crippen LogP contribution >= 0.6 is 11.6 Å². The average molecular weight is 661 g/mol. The maximum atomic E-state index is 12.2. The molecule has 4 aliphatic carbocycles. The monoisotopic (exact) mass is 660 g/mol. The van der Waals surface area contributed by atoms with E-state index in [1.807, 2.05) is 0 Å². The molecule has 12 unspecified atom stereocenters. The topological polar surface area (TPSA) is 209 Å². The fourth-order valence-corrected chi connectivity index (χ4v) is 7.72. The highest BCUT2D eigenvalue weighted by Gasteiger charge is 2.69. The molecule has 2 heterocycles. The Labute approximate surface area is 265 Å². The molecule has 0 radical (unpaired) electrons. The Hall–Kier alpha value is -2.97. The van der Waals surface area contributed by atoms with Crippen molar-refractivity contribution < 1.29 is 67.8 Å². The van der Waals surface area contributed by atoms with Crippen LogP contribution in [0, 0.1) is 47.3 Å². The van der Waals surface area contributed by atoms with Gasteiger partial charge in [-0.1, -0.05) is 0 Å². The highest BCUT2D eigenvalue weighted by Crippen LogP contribution is 2.58. The van der Waals surface area contributed by atoms with Crippen LogP contribution in [0.3, 0.4) is 0 Å². The van der Waals surface area contributed by atoms with Crippen LogP contribution in [0.1, 0.15) is 54.4 Å².